The van der Waals surface area contributed by atoms with E-state index in [2.05, 4.69) is 26.6 Å². The molecule has 2 N–H and O–H groups in total. The zero-order valence-electron chi connectivity index (χ0n) is 10.1. The van der Waals surface area contributed by atoms with Crippen molar-refractivity contribution in [2.24, 2.45) is 0 Å². The lowest BCUT2D eigenvalue weighted by Crippen LogP contribution is -2.21. The summed E-state index contributed by atoms with van der Waals surface area (Å²) in [5, 5.41) is 5.58. The fraction of sp³-hybridized carbons (Fsp3) is 0. The van der Waals surface area contributed by atoms with Gasteiger partial charge in [-0.3, -0.25) is 10.1 Å². The van der Waals surface area contributed by atoms with Gasteiger partial charge in [-0.25, -0.2) is 0 Å². The van der Waals surface area contributed by atoms with Crippen LogP contribution in [0.15, 0.2) is 51.0 Å². The highest BCUT2D eigenvalue weighted by atomic mass is 79.9. The van der Waals surface area contributed by atoms with Crippen LogP contribution in [0.2, 0.25) is 0 Å². The van der Waals surface area contributed by atoms with Crippen LogP contribution in [-0.2, 0) is 4.79 Å². The molecule has 2 aromatic rings. The topological polar surface area (TPSA) is 54.3 Å². The average Bonchev–Trinajstić information content (AvgIpc) is 2.98. The highest BCUT2D eigenvalue weighted by Crippen LogP contribution is 2.25. The monoisotopic (exact) mass is 348 g/mol. The standard InChI is InChI=1S/C14H9BrN2O2S/c15-9-3-1-8(2-4-9)12-6-5-10(19-12)7-11-13(18)17-14(20)16-11/h1-7H,(H2,16,17,18,20)/b11-7-. The Morgan fingerprint density at radius 1 is 1.10 bits per heavy atom. The molecule has 0 saturated carbocycles. The second kappa shape index (κ2) is 5.22. The van der Waals surface area contributed by atoms with E-state index < -0.39 is 0 Å². The van der Waals surface area contributed by atoms with E-state index in [1.54, 1.807) is 12.1 Å². The molecule has 4 nitrogen and oxygen atoms in total. The molecule has 1 aromatic carbocycles. The molecule has 0 aliphatic carbocycles. The van der Waals surface area contributed by atoms with Gasteiger partial charge < -0.3 is 9.73 Å². The van der Waals surface area contributed by atoms with Crippen LogP contribution >= 0.6 is 28.1 Å². The number of halogens is 1. The Bertz CT molecular complexity index is 719. The van der Waals surface area contributed by atoms with E-state index in [0.29, 0.717) is 16.6 Å². The number of carbonyl (C=O) groups excluding carboxylic acids is 1. The first-order valence-electron chi connectivity index (χ1n) is 5.81. The van der Waals surface area contributed by atoms with Crippen LogP contribution in [0.1, 0.15) is 5.76 Å². The minimum atomic E-state index is -0.253. The van der Waals surface area contributed by atoms with E-state index in [1.807, 2.05) is 30.3 Å². The van der Waals surface area contributed by atoms with Crippen molar-refractivity contribution in [3.8, 4) is 11.3 Å². The van der Waals surface area contributed by atoms with E-state index >= 15 is 0 Å². The Hall–Kier alpha value is -1.92. The van der Waals surface area contributed by atoms with Gasteiger partial charge in [0.1, 0.15) is 17.2 Å². The third-order valence-corrected chi connectivity index (χ3v) is 3.49. The van der Waals surface area contributed by atoms with Crippen LogP contribution < -0.4 is 10.6 Å². The number of nitrogens with one attached hydrogen (secondary N) is 2. The van der Waals surface area contributed by atoms with Gasteiger partial charge in [-0.15, -0.1) is 0 Å². The van der Waals surface area contributed by atoms with Gasteiger partial charge in [0.15, 0.2) is 5.11 Å². The van der Waals surface area contributed by atoms with Gasteiger partial charge in [-0.05, 0) is 36.5 Å². The lowest BCUT2D eigenvalue weighted by molar-refractivity contribution is -0.115. The van der Waals surface area contributed by atoms with Crippen molar-refractivity contribution in [2.45, 2.75) is 0 Å². The molecule has 0 unspecified atom stereocenters. The first-order chi connectivity index (χ1) is 9.61. The largest absolute Gasteiger partial charge is 0.457 e. The fourth-order valence-electron chi connectivity index (χ4n) is 1.82. The highest BCUT2D eigenvalue weighted by molar-refractivity contribution is 9.10. The summed E-state index contributed by atoms with van der Waals surface area (Å²) >= 11 is 8.25. The van der Waals surface area contributed by atoms with Gasteiger partial charge in [-0.1, -0.05) is 28.1 Å². The molecule has 0 bridgehead atoms. The Labute approximate surface area is 129 Å². The maximum atomic E-state index is 11.5. The predicted molar refractivity (Wildman–Crippen MR) is 83.7 cm³/mol. The number of carbonyl (C=O) groups is 1. The van der Waals surface area contributed by atoms with E-state index in [-0.39, 0.29) is 5.91 Å². The molecule has 3 rings (SSSR count). The van der Waals surface area contributed by atoms with Gasteiger partial charge >= 0.3 is 0 Å². The number of thiocarbonyl (C=S) groups is 1. The molecular formula is C14H9BrN2O2S. The molecule has 1 aliphatic heterocycles. The average molecular weight is 349 g/mol. The normalized spacial score (nSPS) is 16.4. The van der Waals surface area contributed by atoms with E-state index in [9.17, 15) is 4.79 Å². The molecule has 0 spiro atoms. The molecule has 1 aromatic heterocycles. The van der Waals surface area contributed by atoms with Crippen molar-refractivity contribution >= 4 is 45.2 Å². The third-order valence-electron chi connectivity index (χ3n) is 2.76. The Morgan fingerprint density at radius 2 is 1.85 bits per heavy atom. The number of amides is 1. The van der Waals surface area contributed by atoms with Crippen LogP contribution in [0.3, 0.4) is 0 Å². The SMILES string of the molecule is O=C1NC(=S)N/C1=C\c1ccc(-c2ccc(Br)cc2)o1. The lowest BCUT2D eigenvalue weighted by Gasteiger charge is -1.97. The molecule has 0 radical (unpaired) electrons. The van der Waals surface area contributed by atoms with Crippen LogP contribution in [0.5, 0.6) is 0 Å². The van der Waals surface area contributed by atoms with Crippen LogP contribution in [0, 0.1) is 0 Å². The van der Waals surface area contributed by atoms with Gasteiger partial charge in [0.25, 0.3) is 5.91 Å². The minimum absolute atomic E-state index is 0.253. The smallest absolute Gasteiger partial charge is 0.274 e. The zero-order valence-corrected chi connectivity index (χ0v) is 12.5. The molecular weight excluding hydrogens is 340 g/mol. The Kier molecular flexibility index (Phi) is 3.42. The molecule has 0 atom stereocenters. The second-order valence-electron chi connectivity index (χ2n) is 4.18. The molecule has 100 valence electrons. The summed E-state index contributed by atoms with van der Waals surface area (Å²) in [6.07, 6.45) is 1.62. The summed E-state index contributed by atoms with van der Waals surface area (Å²) in [5.74, 6) is 1.08. The third kappa shape index (κ3) is 2.66. The molecule has 1 fully saturated rings. The summed E-state index contributed by atoms with van der Waals surface area (Å²) < 4.78 is 6.71. The maximum absolute atomic E-state index is 11.5. The van der Waals surface area contributed by atoms with Crippen molar-refractivity contribution in [3.05, 3.63) is 52.3 Å². The number of rotatable bonds is 2. The van der Waals surface area contributed by atoms with E-state index in [0.717, 1.165) is 15.8 Å². The molecule has 20 heavy (non-hydrogen) atoms. The number of furan rings is 1. The molecule has 1 saturated heterocycles. The number of hydrogen-bond acceptors (Lipinski definition) is 3. The molecule has 1 aliphatic rings. The summed E-state index contributed by atoms with van der Waals surface area (Å²) in [7, 11) is 0. The van der Waals surface area contributed by atoms with Crippen molar-refractivity contribution in [1.29, 1.82) is 0 Å². The van der Waals surface area contributed by atoms with Gasteiger partial charge in [-0.2, -0.15) is 0 Å². The van der Waals surface area contributed by atoms with Crippen molar-refractivity contribution < 1.29 is 9.21 Å². The first-order valence-corrected chi connectivity index (χ1v) is 7.02. The molecule has 2 heterocycles. The number of benzene rings is 1. The minimum Gasteiger partial charge on any atom is -0.457 e. The predicted octanol–water partition coefficient (Wildman–Crippen LogP) is 3.05. The summed E-state index contributed by atoms with van der Waals surface area (Å²) in [4.78, 5) is 11.5. The quantitative estimate of drug-likeness (QED) is 0.646. The maximum Gasteiger partial charge on any atom is 0.274 e. The van der Waals surface area contributed by atoms with Crippen LogP contribution in [0.25, 0.3) is 17.4 Å². The van der Waals surface area contributed by atoms with Crippen molar-refractivity contribution in [2.75, 3.05) is 0 Å². The Morgan fingerprint density at radius 3 is 2.50 bits per heavy atom. The van der Waals surface area contributed by atoms with Gasteiger partial charge in [0.2, 0.25) is 0 Å². The van der Waals surface area contributed by atoms with Crippen LogP contribution in [-0.4, -0.2) is 11.0 Å². The van der Waals surface area contributed by atoms with Crippen molar-refractivity contribution in [1.82, 2.24) is 10.6 Å². The highest BCUT2D eigenvalue weighted by Gasteiger charge is 2.20. The van der Waals surface area contributed by atoms with Crippen LogP contribution in [0.4, 0.5) is 0 Å². The second-order valence-corrected chi connectivity index (χ2v) is 5.50. The summed E-state index contributed by atoms with van der Waals surface area (Å²) in [6, 6.07) is 11.5. The van der Waals surface area contributed by atoms with Crippen molar-refractivity contribution in [3.63, 3.8) is 0 Å². The number of hydrogen-bond donors (Lipinski definition) is 2. The van der Waals surface area contributed by atoms with Gasteiger partial charge in [0.05, 0.1) is 0 Å². The van der Waals surface area contributed by atoms with E-state index in [4.69, 9.17) is 16.6 Å². The Balaban J connectivity index is 1.87. The zero-order chi connectivity index (χ0) is 14.1. The lowest BCUT2D eigenvalue weighted by atomic mass is 10.2. The fourth-order valence-corrected chi connectivity index (χ4v) is 2.29. The first kappa shape index (κ1) is 13.1. The molecule has 6 heteroatoms. The molecule has 1 amide bonds. The summed E-state index contributed by atoms with van der Waals surface area (Å²) in [6.45, 7) is 0. The van der Waals surface area contributed by atoms with Gasteiger partial charge in [0, 0.05) is 16.1 Å². The summed E-state index contributed by atoms with van der Waals surface area (Å²) in [5.41, 5.74) is 1.35. The van der Waals surface area contributed by atoms with E-state index in [1.165, 1.54) is 0 Å².